The molecule has 2 rings (SSSR count). The lowest BCUT2D eigenvalue weighted by Crippen LogP contribution is -2.26. The molecule has 0 saturated heterocycles. The van der Waals surface area contributed by atoms with Crippen LogP contribution in [0.4, 0.5) is 4.39 Å². The summed E-state index contributed by atoms with van der Waals surface area (Å²) in [6, 6.07) is 13.5. The average Bonchev–Trinajstić information content (AvgIpc) is 2.52. The van der Waals surface area contributed by atoms with Crippen LogP contribution in [0, 0.1) is 5.82 Å². The standard InChI is InChI=1S/C18H21FO2/c1-3-12-21-17-10-8-14(9-11-17)18(20,4-2)15-6-5-7-16(19)13-15/h5-11,13,20H,3-4,12H2,1-2H3. The van der Waals surface area contributed by atoms with Crippen LogP contribution in [0.25, 0.3) is 0 Å². The minimum absolute atomic E-state index is 0.345. The maximum atomic E-state index is 13.4. The molecule has 2 aromatic carbocycles. The van der Waals surface area contributed by atoms with Crippen molar-refractivity contribution >= 4 is 0 Å². The maximum Gasteiger partial charge on any atom is 0.123 e. The number of hydrogen-bond donors (Lipinski definition) is 1. The molecule has 3 heteroatoms. The third kappa shape index (κ3) is 3.42. The van der Waals surface area contributed by atoms with Crippen LogP contribution >= 0.6 is 0 Å². The fourth-order valence-corrected chi connectivity index (χ4v) is 2.37. The van der Waals surface area contributed by atoms with Gasteiger partial charge in [-0.25, -0.2) is 4.39 Å². The first-order valence-corrected chi connectivity index (χ1v) is 7.32. The predicted molar refractivity (Wildman–Crippen MR) is 81.9 cm³/mol. The van der Waals surface area contributed by atoms with Gasteiger partial charge in [-0.3, -0.25) is 0 Å². The Balaban J connectivity index is 2.31. The monoisotopic (exact) mass is 288 g/mol. The molecule has 0 bridgehead atoms. The second-order valence-corrected chi connectivity index (χ2v) is 5.10. The first kappa shape index (κ1) is 15.5. The van der Waals surface area contributed by atoms with Crippen molar-refractivity contribution in [3.63, 3.8) is 0 Å². The van der Waals surface area contributed by atoms with Crippen molar-refractivity contribution in [1.29, 1.82) is 0 Å². The summed E-state index contributed by atoms with van der Waals surface area (Å²) in [4.78, 5) is 0. The highest BCUT2D eigenvalue weighted by Crippen LogP contribution is 2.34. The lowest BCUT2D eigenvalue weighted by Gasteiger charge is -2.28. The van der Waals surface area contributed by atoms with E-state index in [0.717, 1.165) is 17.7 Å². The van der Waals surface area contributed by atoms with Gasteiger partial charge in [0, 0.05) is 0 Å². The minimum atomic E-state index is -1.19. The van der Waals surface area contributed by atoms with Gasteiger partial charge in [0.2, 0.25) is 0 Å². The molecular formula is C18H21FO2. The lowest BCUT2D eigenvalue weighted by molar-refractivity contribution is 0.0761. The first-order valence-electron chi connectivity index (χ1n) is 7.32. The van der Waals surface area contributed by atoms with E-state index in [4.69, 9.17) is 4.74 Å². The molecule has 0 heterocycles. The Morgan fingerprint density at radius 1 is 1.05 bits per heavy atom. The van der Waals surface area contributed by atoms with E-state index in [1.165, 1.54) is 12.1 Å². The topological polar surface area (TPSA) is 29.5 Å². The van der Waals surface area contributed by atoms with Crippen molar-refractivity contribution in [3.8, 4) is 5.75 Å². The van der Waals surface area contributed by atoms with Gasteiger partial charge in [-0.2, -0.15) is 0 Å². The van der Waals surface area contributed by atoms with E-state index in [0.29, 0.717) is 18.6 Å². The molecular weight excluding hydrogens is 267 g/mol. The SMILES string of the molecule is CCCOc1ccc(C(O)(CC)c2cccc(F)c2)cc1. The Hall–Kier alpha value is -1.87. The third-order valence-electron chi connectivity index (χ3n) is 3.62. The molecule has 1 unspecified atom stereocenters. The zero-order valence-corrected chi connectivity index (χ0v) is 12.5. The lowest BCUT2D eigenvalue weighted by atomic mass is 9.84. The van der Waals surface area contributed by atoms with Gasteiger partial charge in [0.15, 0.2) is 0 Å². The Kier molecular flexibility index (Phi) is 4.97. The number of rotatable bonds is 6. The van der Waals surface area contributed by atoms with Crippen molar-refractivity contribution in [2.45, 2.75) is 32.3 Å². The second-order valence-electron chi connectivity index (χ2n) is 5.10. The maximum absolute atomic E-state index is 13.4. The largest absolute Gasteiger partial charge is 0.494 e. The highest BCUT2D eigenvalue weighted by Gasteiger charge is 2.29. The summed E-state index contributed by atoms with van der Waals surface area (Å²) in [7, 11) is 0. The molecule has 0 aliphatic heterocycles. The van der Waals surface area contributed by atoms with Gasteiger partial charge in [0.1, 0.15) is 17.2 Å². The summed E-state index contributed by atoms with van der Waals surface area (Å²) in [5, 5.41) is 10.9. The summed E-state index contributed by atoms with van der Waals surface area (Å²) < 4.78 is 19.0. The number of benzene rings is 2. The molecule has 0 saturated carbocycles. The van der Waals surface area contributed by atoms with Gasteiger partial charge in [-0.05, 0) is 48.2 Å². The second kappa shape index (κ2) is 6.72. The average molecular weight is 288 g/mol. The molecule has 0 amide bonds. The zero-order valence-electron chi connectivity index (χ0n) is 12.5. The van der Waals surface area contributed by atoms with Gasteiger partial charge in [-0.1, -0.05) is 38.1 Å². The van der Waals surface area contributed by atoms with E-state index in [1.807, 2.05) is 38.1 Å². The summed E-state index contributed by atoms with van der Waals surface area (Å²) in [5.74, 6) is 0.431. The summed E-state index contributed by atoms with van der Waals surface area (Å²) in [5.41, 5.74) is 0.109. The van der Waals surface area contributed by atoms with Crippen molar-refractivity contribution in [3.05, 3.63) is 65.5 Å². The van der Waals surface area contributed by atoms with Crippen LogP contribution in [0.2, 0.25) is 0 Å². The molecule has 0 aromatic heterocycles. The number of halogens is 1. The van der Waals surface area contributed by atoms with Gasteiger partial charge in [0.05, 0.1) is 6.61 Å². The summed E-state index contributed by atoms with van der Waals surface area (Å²) in [6.45, 7) is 4.60. The summed E-state index contributed by atoms with van der Waals surface area (Å²) >= 11 is 0. The van der Waals surface area contributed by atoms with Crippen LogP contribution in [0.1, 0.15) is 37.8 Å². The molecule has 2 nitrogen and oxygen atoms in total. The molecule has 112 valence electrons. The quantitative estimate of drug-likeness (QED) is 0.860. The highest BCUT2D eigenvalue weighted by molar-refractivity contribution is 5.38. The normalized spacial score (nSPS) is 13.7. The van der Waals surface area contributed by atoms with Crippen LogP contribution in [-0.2, 0) is 5.60 Å². The molecule has 0 aliphatic rings. The Labute approximate surface area is 125 Å². The minimum Gasteiger partial charge on any atom is -0.494 e. The molecule has 1 N–H and O–H groups in total. The molecule has 2 aromatic rings. The highest BCUT2D eigenvalue weighted by atomic mass is 19.1. The van der Waals surface area contributed by atoms with Crippen molar-refractivity contribution in [1.82, 2.24) is 0 Å². The van der Waals surface area contributed by atoms with Crippen LogP contribution < -0.4 is 4.74 Å². The molecule has 0 fully saturated rings. The number of ether oxygens (including phenoxy) is 1. The zero-order chi connectivity index (χ0) is 15.3. The Morgan fingerprint density at radius 2 is 1.76 bits per heavy atom. The third-order valence-corrected chi connectivity index (χ3v) is 3.62. The number of hydrogen-bond acceptors (Lipinski definition) is 2. The van der Waals surface area contributed by atoms with Gasteiger partial charge in [0.25, 0.3) is 0 Å². The van der Waals surface area contributed by atoms with Gasteiger partial charge >= 0.3 is 0 Å². The van der Waals surface area contributed by atoms with E-state index in [1.54, 1.807) is 12.1 Å². The molecule has 0 aliphatic carbocycles. The van der Waals surface area contributed by atoms with Crippen LogP contribution in [0.3, 0.4) is 0 Å². The Bertz CT molecular complexity index is 580. The van der Waals surface area contributed by atoms with E-state index in [2.05, 4.69) is 0 Å². The van der Waals surface area contributed by atoms with Crippen LogP contribution in [0.5, 0.6) is 5.75 Å². The van der Waals surface area contributed by atoms with Crippen molar-refractivity contribution < 1.29 is 14.2 Å². The fraction of sp³-hybridized carbons (Fsp3) is 0.333. The smallest absolute Gasteiger partial charge is 0.123 e. The van der Waals surface area contributed by atoms with Crippen molar-refractivity contribution in [2.24, 2.45) is 0 Å². The van der Waals surface area contributed by atoms with Gasteiger partial charge in [-0.15, -0.1) is 0 Å². The van der Waals surface area contributed by atoms with Crippen LogP contribution in [-0.4, -0.2) is 11.7 Å². The molecule has 0 spiro atoms. The molecule has 0 radical (unpaired) electrons. The first-order chi connectivity index (χ1) is 10.1. The van der Waals surface area contributed by atoms with Gasteiger partial charge < -0.3 is 9.84 Å². The predicted octanol–water partition coefficient (Wildman–Crippen LogP) is 4.26. The molecule has 1 atom stereocenters. The van der Waals surface area contributed by atoms with E-state index >= 15 is 0 Å². The number of aliphatic hydroxyl groups is 1. The van der Waals surface area contributed by atoms with E-state index < -0.39 is 5.60 Å². The molecule has 21 heavy (non-hydrogen) atoms. The van der Waals surface area contributed by atoms with E-state index in [-0.39, 0.29) is 5.82 Å². The van der Waals surface area contributed by atoms with Crippen molar-refractivity contribution in [2.75, 3.05) is 6.61 Å². The summed E-state index contributed by atoms with van der Waals surface area (Å²) in [6.07, 6.45) is 1.41. The fourth-order valence-electron chi connectivity index (χ4n) is 2.37. The Morgan fingerprint density at radius 3 is 2.33 bits per heavy atom. The van der Waals surface area contributed by atoms with E-state index in [9.17, 15) is 9.50 Å². The van der Waals surface area contributed by atoms with Crippen LogP contribution in [0.15, 0.2) is 48.5 Å².